The molecule has 0 saturated carbocycles. The van der Waals surface area contributed by atoms with Gasteiger partial charge in [-0.3, -0.25) is 0 Å². The highest BCUT2D eigenvalue weighted by atomic mass is 35.5. The van der Waals surface area contributed by atoms with Crippen LogP contribution in [0.1, 0.15) is 18.5 Å². The van der Waals surface area contributed by atoms with Crippen molar-refractivity contribution in [3.63, 3.8) is 0 Å². The zero-order chi connectivity index (χ0) is 13.4. The van der Waals surface area contributed by atoms with Gasteiger partial charge >= 0.3 is 0 Å². The van der Waals surface area contributed by atoms with E-state index >= 15 is 0 Å². The van der Waals surface area contributed by atoms with Crippen molar-refractivity contribution >= 4 is 11.6 Å². The van der Waals surface area contributed by atoms with Gasteiger partial charge in [-0.2, -0.15) is 0 Å². The van der Waals surface area contributed by atoms with Crippen LogP contribution in [0, 0.1) is 0 Å². The van der Waals surface area contributed by atoms with Crippen LogP contribution in [0.5, 0.6) is 5.75 Å². The first-order valence-corrected chi connectivity index (χ1v) is 6.27. The molecule has 1 rings (SSSR count). The van der Waals surface area contributed by atoms with E-state index < -0.39 is 0 Å². The highest BCUT2D eigenvalue weighted by Gasteiger charge is 2.08. The SMILES string of the molecule is COCCOCCOc1ccc(Cl)cc1[C@@H](C)N. The Morgan fingerprint density at radius 2 is 1.94 bits per heavy atom. The molecule has 0 amide bonds. The molecule has 0 spiro atoms. The largest absolute Gasteiger partial charge is 0.491 e. The molecule has 0 aliphatic carbocycles. The molecule has 1 atom stereocenters. The topological polar surface area (TPSA) is 53.7 Å². The molecular formula is C13H20ClNO3. The molecule has 4 nitrogen and oxygen atoms in total. The first-order chi connectivity index (χ1) is 8.65. The molecular weight excluding hydrogens is 254 g/mol. The molecule has 0 fully saturated rings. The van der Waals surface area contributed by atoms with Crippen molar-refractivity contribution in [3.05, 3.63) is 28.8 Å². The van der Waals surface area contributed by atoms with Gasteiger partial charge in [0.15, 0.2) is 0 Å². The van der Waals surface area contributed by atoms with Crippen LogP contribution in [-0.4, -0.2) is 33.5 Å². The maximum Gasteiger partial charge on any atom is 0.124 e. The number of benzene rings is 1. The Morgan fingerprint density at radius 1 is 1.22 bits per heavy atom. The smallest absolute Gasteiger partial charge is 0.124 e. The average Bonchev–Trinajstić information content (AvgIpc) is 2.35. The van der Waals surface area contributed by atoms with Gasteiger partial charge in [-0.15, -0.1) is 0 Å². The Bertz CT molecular complexity index is 358. The minimum atomic E-state index is -0.117. The molecule has 0 unspecified atom stereocenters. The van der Waals surface area contributed by atoms with E-state index in [9.17, 15) is 0 Å². The maximum absolute atomic E-state index is 5.93. The maximum atomic E-state index is 5.93. The lowest BCUT2D eigenvalue weighted by molar-refractivity contribution is 0.0542. The summed E-state index contributed by atoms with van der Waals surface area (Å²) in [5, 5.41) is 0.658. The van der Waals surface area contributed by atoms with Gasteiger partial charge in [-0.25, -0.2) is 0 Å². The average molecular weight is 274 g/mol. The number of hydrogen-bond acceptors (Lipinski definition) is 4. The molecule has 1 aromatic rings. The fourth-order valence-electron chi connectivity index (χ4n) is 1.46. The van der Waals surface area contributed by atoms with E-state index in [1.54, 1.807) is 13.2 Å². The summed E-state index contributed by atoms with van der Waals surface area (Å²) in [6, 6.07) is 5.33. The lowest BCUT2D eigenvalue weighted by Gasteiger charge is -2.14. The summed E-state index contributed by atoms with van der Waals surface area (Å²) < 4.78 is 15.8. The third-order valence-corrected chi connectivity index (χ3v) is 2.61. The normalized spacial score (nSPS) is 12.4. The van der Waals surface area contributed by atoms with Crippen molar-refractivity contribution in [2.75, 3.05) is 33.5 Å². The van der Waals surface area contributed by atoms with E-state index in [2.05, 4.69) is 0 Å². The van der Waals surface area contributed by atoms with Crippen molar-refractivity contribution in [1.82, 2.24) is 0 Å². The fraction of sp³-hybridized carbons (Fsp3) is 0.538. The first kappa shape index (κ1) is 15.2. The van der Waals surface area contributed by atoms with Crippen molar-refractivity contribution in [2.45, 2.75) is 13.0 Å². The number of halogens is 1. The lowest BCUT2D eigenvalue weighted by atomic mass is 10.1. The minimum absolute atomic E-state index is 0.117. The van der Waals surface area contributed by atoms with Gasteiger partial charge in [0, 0.05) is 23.7 Å². The van der Waals surface area contributed by atoms with Gasteiger partial charge in [0.05, 0.1) is 19.8 Å². The number of nitrogens with two attached hydrogens (primary N) is 1. The Kier molecular flexibility index (Phi) is 7.05. The zero-order valence-corrected chi connectivity index (χ0v) is 11.6. The van der Waals surface area contributed by atoms with Gasteiger partial charge in [-0.05, 0) is 25.1 Å². The zero-order valence-electron chi connectivity index (χ0n) is 10.8. The fourth-order valence-corrected chi connectivity index (χ4v) is 1.64. The minimum Gasteiger partial charge on any atom is -0.491 e. The first-order valence-electron chi connectivity index (χ1n) is 5.89. The third-order valence-electron chi connectivity index (χ3n) is 2.38. The van der Waals surface area contributed by atoms with Gasteiger partial charge in [0.2, 0.25) is 0 Å². The van der Waals surface area contributed by atoms with Gasteiger partial charge in [0.25, 0.3) is 0 Å². The molecule has 18 heavy (non-hydrogen) atoms. The third kappa shape index (κ3) is 5.23. The van der Waals surface area contributed by atoms with Crippen LogP contribution in [0.3, 0.4) is 0 Å². The number of ether oxygens (including phenoxy) is 3. The molecule has 0 bridgehead atoms. The number of hydrogen-bond donors (Lipinski definition) is 1. The van der Waals surface area contributed by atoms with Gasteiger partial charge in [0.1, 0.15) is 12.4 Å². The molecule has 0 aromatic heterocycles. The lowest BCUT2D eigenvalue weighted by Crippen LogP contribution is -2.12. The van der Waals surface area contributed by atoms with E-state index in [1.165, 1.54) is 0 Å². The van der Waals surface area contributed by atoms with Crippen LogP contribution in [0.15, 0.2) is 18.2 Å². The van der Waals surface area contributed by atoms with Gasteiger partial charge in [-0.1, -0.05) is 11.6 Å². The van der Waals surface area contributed by atoms with E-state index in [1.807, 2.05) is 19.1 Å². The second-order valence-corrected chi connectivity index (χ2v) is 4.36. The molecule has 0 saturated heterocycles. The second-order valence-electron chi connectivity index (χ2n) is 3.92. The van der Waals surface area contributed by atoms with Crippen molar-refractivity contribution < 1.29 is 14.2 Å². The Morgan fingerprint density at radius 3 is 2.61 bits per heavy atom. The van der Waals surface area contributed by atoms with Crippen molar-refractivity contribution in [3.8, 4) is 5.75 Å². The van der Waals surface area contributed by atoms with Crippen LogP contribution in [-0.2, 0) is 9.47 Å². The summed E-state index contributed by atoms with van der Waals surface area (Å²) in [6.07, 6.45) is 0. The monoisotopic (exact) mass is 273 g/mol. The number of rotatable bonds is 8. The van der Waals surface area contributed by atoms with Crippen LogP contribution in [0.2, 0.25) is 5.02 Å². The second kappa shape index (κ2) is 8.32. The van der Waals surface area contributed by atoms with Crippen LogP contribution >= 0.6 is 11.6 Å². The van der Waals surface area contributed by atoms with E-state index in [-0.39, 0.29) is 6.04 Å². The summed E-state index contributed by atoms with van der Waals surface area (Å²) in [5.74, 6) is 0.754. The standard InChI is InChI=1S/C13H20ClNO3/c1-10(15)12-9-11(14)3-4-13(12)18-8-7-17-6-5-16-2/h3-4,9-10H,5-8,15H2,1-2H3/t10-/m1/s1. The summed E-state index contributed by atoms with van der Waals surface area (Å²) in [5.41, 5.74) is 6.77. The highest BCUT2D eigenvalue weighted by Crippen LogP contribution is 2.27. The van der Waals surface area contributed by atoms with Crippen molar-refractivity contribution in [1.29, 1.82) is 0 Å². The summed E-state index contributed by atoms with van der Waals surface area (Å²) in [4.78, 5) is 0. The van der Waals surface area contributed by atoms with Crippen LogP contribution in [0.25, 0.3) is 0 Å². The molecule has 0 aliphatic rings. The van der Waals surface area contributed by atoms with Crippen LogP contribution in [0.4, 0.5) is 0 Å². The molecule has 1 aromatic carbocycles. The van der Waals surface area contributed by atoms with E-state index in [4.69, 9.17) is 31.5 Å². The molecule has 5 heteroatoms. The Hall–Kier alpha value is -0.810. The van der Waals surface area contributed by atoms with Crippen LogP contribution < -0.4 is 10.5 Å². The predicted molar refractivity (Wildman–Crippen MR) is 72.2 cm³/mol. The predicted octanol–water partition coefficient (Wildman–Crippen LogP) is 2.40. The Labute approximate surface area is 113 Å². The molecule has 102 valence electrons. The highest BCUT2D eigenvalue weighted by molar-refractivity contribution is 6.30. The summed E-state index contributed by atoms with van der Waals surface area (Å²) >= 11 is 5.93. The number of methoxy groups -OCH3 is 1. The van der Waals surface area contributed by atoms with E-state index in [0.29, 0.717) is 31.5 Å². The molecule has 2 N–H and O–H groups in total. The van der Waals surface area contributed by atoms with Gasteiger partial charge < -0.3 is 19.9 Å². The molecule has 0 heterocycles. The molecule has 0 aliphatic heterocycles. The van der Waals surface area contributed by atoms with E-state index in [0.717, 1.165) is 11.3 Å². The molecule has 0 radical (unpaired) electrons. The Balaban J connectivity index is 2.42. The van der Waals surface area contributed by atoms with Crippen molar-refractivity contribution in [2.24, 2.45) is 5.73 Å². The summed E-state index contributed by atoms with van der Waals surface area (Å²) in [6.45, 7) is 4.05. The summed E-state index contributed by atoms with van der Waals surface area (Å²) in [7, 11) is 1.64. The quantitative estimate of drug-likeness (QED) is 0.739.